The lowest BCUT2D eigenvalue weighted by Crippen LogP contribution is -2.52. The molecule has 0 aromatic heterocycles. The van der Waals surface area contributed by atoms with Gasteiger partial charge in [0.05, 0.1) is 0 Å². The number of carbonyl (C=O) groups is 3. The van der Waals surface area contributed by atoms with Crippen LogP contribution in [0, 0.1) is 17.8 Å². The molecular formula is C16H30N2O4. The van der Waals surface area contributed by atoms with E-state index in [9.17, 15) is 19.5 Å². The molecule has 0 saturated heterocycles. The fraction of sp³-hybridized carbons (Fsp3) is 0.812. The van der Waals surface area contributed by atoms with Gasteiger partial charge in [0, 0.05) is 5.92 Å². The number of rotatable bonds is 9. The fourth-order valence-corrected chi connectivity index (χ4v) is 2.01. The molecule has 0 saturated carbocycles. The second-order valence-corrected chi connectivity index (χ2v) is 6.87. The highest BCUT2D eigenvalue weighted by Gasteiger charge is 2.27. The molecule has 0 radical (unpaired) electrons. The third-order valence-electron chi connectivity index (χ3n) is 3.19. The van der Waals surface area contributed by atoms with Crippen molar-refractivity contribution in [2.75, 3.05) is 0 Å². The Kier molecular flexibility index (Phi) is 8.75. The molecule has 0 aromatic rings. The Morgan fingerprint density at radius 1 is 0.773 bits per heavy atom. The first-order chi connectivity index (χ1) is 10.0. The quantitative estimate of drug-likeness (QED) is 0.604. The van der Waals surface area contributed by atoms with Gasteiger partial charge in [0.25, 0.3) is 0 Å². The molecule has 0 bridgehead atoms. The first-order valence-electron chi connectivity index (χ1n) is 7.88. The van der Waals surface area contributed by atoms with E-state index in [-0.39, 0.29) is 23.7 Å². The van der Waals surface area contributed by atoms with Crippen LogP contribution >= 0.6 is 0 Å². The van der Waals surface area contributed by atoms with Crippen LogP contribution in [0.2, 0.25) is 0 Å². The van der Waals surface area contributed by atoms with Crippen molar-refractivity contribution in [2.24, 2.45) is 17.8 Å². The predicted octanol–water partition coefficient (Wildman–Crippen LogP) is 1.79. The predicted molar refractivity (Wildman–Crippen MR) is 85.2 cm³/mol. The van der Waals surface area contributed by atoms with Gasteiger partial charge in [-0.25, -0.2) is 4.79 Å². The summed E-state index contributed by atoms with van der Waals surface area (Å²) < 4.78 is 0. The number of hydrogen-bond donors (Lipinski definition) is 3. The van der Waals surface area contributed by atoms with Crippen LogP contribution in [-0.2, 0) is 14.4 Å². The van der Waals surface area contributed by atoms with E-state index < -0.39 is 24.0 Å². The molecule has 0 aliphatic carbocycles. The Hall–Kier alpha value is -1.59. The summed E-state index contributed by atoms with van der Waals surface area (Å²) in [5.74, 6) is -1.58. The summed E-state index contributed by atoms with van der Waals surface area (Å²) in [6.45, 7) is 11.2. The highest BCUT2D eigenvalue weighted by Crippen LogP contribution is 2.09. The summed E-state index contributed by atoms with van der Waals surface area (Å²) in [4.78, 5) is 35.4. The van der Waals surface area contributed by atoms with E-state index in [0.29, 0.717) is 12.8 Å². The molecule has 0 aliphatic rings. The van der Waals surface area contributed by atoms with Crippen molar-refractivity contribution in [2.45, 2.75) is 66.5 Å². The molecule has 0 heterocycles. The van der Waals surface area contributed by atoms with Crippen molar-refractivity contribution < 1.29 is 19.5 Å². The SMILES string of the molecule is CC(C)C[C@H](NC(=O)[C@H](CC(C)C)NC(=O)C(C)C)C(=O)O. The van der Waals surface area contributed by atoms with Gasteiger partial charge in [0.2, 0.25) is 11.8 Å². The minimum atomic E-state index is -1.06. The average molecular weight is 314 g/mol. The van der Waals surface area contributed by atoms with E-state index in [2.05, 4.69) is 10.6 Å². The molecule has 22 heavy (non-hydrogen) atoms. The minimum Gasteiger partial charge on any atom is -0.480 e. The monoisotopic (exact) mass is 314 g/mol. The molecule has 2 amide bonds. The number of carboxylic acids is 1. The van der Waals surface area contributed by atoms with E-state index >= 15 is 0 Å². The van der Waals surface area contributed by atoms with Gasteiger partial charge in [-0.15, -0.1) is 0 Å². The Bertz CT molecular complexity index is 392. The Morgan fingerprint density at radius 3 is 1.55 bits per heavy atom. The van der Waals surface area contributed by atoms with Gasteiger partial charge in [0.15, 0.2) is 0 Å². The molecule has 128 valence electrons. The van der Waals surface area contributed by atoms with Gasteiger partial charge in [-0.05, 0) is 24.7 Å². The van der Waals surface area contributed by atoms with Crippen LogP contribution in [0.25, 0.3) is 0 Å². The van der Waals surface area contributed by atoms with Crippen molar-refractivity contribution in [3.63, 3.8) is 0 Å². The first kappa shape index (κ1) is 20.4. The van der Waals surface area contributed by atoms with Crippen LogP contribution in [0.3, 0.4) is 0 Å². The number of carboxylic acid groups (broad SMARTS) is 1. The van der Waals surface area contributed by atoms with E-state index in [1.807, 2.05) is 27.7 Å². The fourth-order valence-electron chi connectivity index (χ4n) is 2.01. The molecule has 0 rings (SSSR count). The summed E-state index contributed by atoms with van der Waals surface area (Å²) >= 11 is 0. The zero-order valence-electron chi connectivity index (χ0n) is 14.5. The van der Waals surface area contributed by atoms with E-state index in [1.54, 1.807) is 13.8 Å². The summed E-state index contributed by atoms with van der Waals surface area (Å²) in [7, 11) is 0. The topological polar surface area (TPSA) is 95.5 Å². The van der Waals surface area contributed by atoms with Crippen molar-refractivity contribution in [1.82, 2.24) is 10.6 Å². The molecule has 0 spiro atoms. The molecule has 3 N–H and O–H groups in total. The summed E-state index contributed by atoms with van der Waals surface area (Å²) in [5.41, 5.74) is 0. The second kappa shape index (κ2) is 9.43. The van der Waals surface area contributed by atoms with Gasteiger partial charge in [-0.2, -0.15) is 0 Å². The standard InChI is InChI=1S/C16H30N2O4/c1-9(2)7-12(17-14(19)11(5)6)15(20)18-13(16(21)22)8-10(3)4/h9-13H,7-8H2,1-6H3,(H,17,19)(H,18,20)(H,21,22)/t12-,13-/m0/s1. The third-order valence-corrected chi connectivity index (χ3v) is 3.19. The highest BCUT2D eigenvalue weighted by atomic mass is 16.4. The molecule has 6 nitrogen and oxygen atoms in total. The third kappa shape index (κ3) is 8.00. The zero-order valence-corrected chi connectivity index (χ0v) is 14.5. The lowest BCUT2D eigenvalue weighted by Gasteiger charge is -2.24. The van der Waals surface area contributed by atoms with Gasteiger partial charge in [-0.3, -0.25) is 9.59 Å². The summed E-state index contributed by atoms with van der Waals surface area (Å²) in [6.07, 6.45) is 0.825. The Morgan fingerprint density at radius 2 is 1.18 bits per heavy atom. The molecule has 6 heteroatoms. The normalized spacial score (nSPS) is 14.0. The molecule has 2 atom stereocenters. The number of amides is 2. The lowest BCUT2D eigenvalue weighted by molar-refractivity contribution is -0.142. The summed E-state index contributed by atoms with van der Waals surface area (Å²) in [6, 6.07) is -1.64. The van der Waals surface area contributed by atoms with Crippen molar-refractivity contribution in [3.05, 3.63) is 0 Å². The van der Waals surface area contributed by atoms with Gasteiger partial charge in [0.1, 0.15) is 12.1 Å². The zero-order chi connectivity index (χ0) is 17.4. The van der Waals surface area contributed by atoms with Crippen LogP contribution in [-0.4, -0.2) is 35.0 Å². The number of nitrogens with one attached hydrogen (secondary N) is 2. The second-order valence-electron chi connectivity index (χ2n) is 6.87. The maximum atomic E-state index is 12.3. The molecule has 0 unspecified atom stereocenters. The number of aliphatic carboxylic acids is 1. The largest absolute Gasteiger partial charge is 0.480 e. The van der Waals surface area contributed by atoms with Crippen molar-refractivity contribution >= 4 is 17.8 Å². The summed E-state index contributed by atoms with van der Waals surface area (Å²) in [5, 5.41) is 14.4. The number of carbonyl (C=O) groups excluding carboxylic acids is 2. The highest BCUT2D eigenvalue weighted by molar-refractivity contribution is 5.90. The van der Waals surface area contributed by atoms with E-state index in [4.69, 9.17) is 0 Å². The molecule has 0 aliphatic heterocycles. The average Bonchev–Trinajstić information content (AvgIpc) is 2.35. The van der Waals surface area contributed by atoms with E-state index in [0.717, 1.165) is 0 Å². The van der Waals surface area contributed by atoms with Crippen LogP contribution in [0.4, 0.5) is 0 Å². The van der Waals surface area contributed by atoms with Crippen LogP contribution in [0.15, 0.2) is 0 Å². The van der Waals surface area contributed by atoms with Crippen LogP contribution in [0.5, 0.6) is 0 Å². The maximum absolute atomic E-state index is 12.3. The maximum Gasteiger partial charge on any atom is 0.326 e. The molecular weight excluding hydrogens is 284 g/mol. The first-order valence-corrected chi connectivity index (χ1v) is 7.88. The molecule has 0 fully saturated rings. The minimum absolute atomic E-state index is 0.148. The Labute approximate surface area is 133 Å². The van der Waals surface area contributed by atoms with Crippen molar-refractivity contribution in [1.29, 1.82) is 0 Å². The van der Waals surface area contributed by atoms with Gasteiger partial charge < -0.3 is 15.7 Å². The van der Waals surface area contributed by atoms with Crippen LogP contribution < -0.4 is 10.6 Å². The van der Waals surface area contributed by atoms with Gasteiger partial charge >= 0.3 is 5.97 Å². The lowest BCUT2D eigenvalue weighted by atomic mass is 10.00. The smallest absolute Gasteiger partial charge is 0.326 e. The number of hydrogen-bond acceptors (Lipinski definition) is 3. The molecule has 0 aromatic carbocycles. The van der Waals surface area contributed by atoms with Crippen molar-refractivity contribution in [3.8, 4) is 0 Å². The van der Waals surface area contributed by atoms with Crippen LogP contribution in [0.1, 0.15) is 54.4 Å². The van der Waals surface area contributed by atoms with E-state index in [1.165, 1.54) is 0 Å². The Balaban J connectivity index is 4.93. The van der Waals surface area contributed by atoms with Gasteiger partial charge in [-0.1, -0.05) is 41.5 Å².